The molecule has 4 heterocycles. The first kappa shape index (κ1) is 18.1. The molecule has 4 aromatic heterocycles. The molecule has 9 heteroatoms. The second-order valence-corrected chi connectivity index (χ2v) is 7.13. The molecule has 4 aromatic rings. The summed E-state index contributed by atoms with van der Waals surface area (Å²) in [4.78, 5) is 22.7. The van der Waals surface area contributed by atoms with Gasteiger partial charge in [-0.15, -0.1) is 0 Å². The van der Waals surface area contributed by atoms with Gasteiger partial charge >= 0.3 is 0 Å². The maximum absolute atomic E-state index is 5.81. The molecule has 0 saturated carbocycles. The van der Waals surface area contributed by atoms with E-state index in [1.165, 1.54) is 11.3 Å². The van der Waals surface area contributed by atoms with Crippen molar-refractivity contribution in [2.24, 2.45) is 0 Å². The van der Waals surface area contributed by atoms with Gasteiger partial charge < -0.3 is 14.8 Å². The van der Waals surface area contributed by atoms with Crippen LogP contribution in [-0.4, -0.2) is 38.1 Å². The molecule has 0 fully saturated rings. The number of thiazole rings is 1. The summed E-state index contributed by atoms with van der Waals surface area (Å²) in [6.45, 7) is 3.92. The van der Waals surface area contributed by atoms with E-state index in [1.54, 1.807) is 31.9 Å². The largest absolute Gasteiger partial charge is 0.485 e. The van der Waals surface area contributed by atoms with Crippen LogP contribution >= 0.6 is 11.3 Å². The summed E-state index contributed by atoms with van der Waals surface area (Å²) in [5, 5.41) is 3.85. The molecular formula is C19H18N6O2S. The van der Waals surface area contributed by atoms with Crippen molar-refractivity contribution in [1.29, 1.82) is 0 Å². The molecule has 142 valence electrons. The van der Waals surface area contributed by atoms with Gasteiger partial charge in [-0.2, -0.15) is 0 Å². The highest BCUT2D eigenvalue weighted by atomic mass is 32.1. The predicted molar refractivity (Wildman–Crippen MR) is 108 cm³/mol. The van der Waals surface area contributed by atoms with Gasteiger partial charge in [0.2, 0.25) is 0 Å². The van der Waals surface area contributed by atoms with Crippen LogP contribution in [-0.2, 0) is 0 Å². The molecule has 0 aromatic carbocycles. The summed E-state index contributed by atoms with van der Waals surface area (Å²) in [6, 6.07) is 5.74. The average Bonchev–Trinajstić information content (AvgIpc) is 3.09. The number of rotatable bonds is 6. The molecule has 0 saturated heterocycles. The molecule has 0 bridgehead atoms. The van der Waals surface area contributed by atoms with Crippen molar-refractivity contribution >= 4 is 32.6 Å². The van der Waals surface area contributed by atoms with Crippen molar-refractivity contribution in [1.82, 2.24) is 24.9 Å². The van der Waals surface area contributed by atoms with E-state index in [0.29, 0.717) is 22.6 Å². The molecule has 1 N–H and O–H groups in total. The van der Waals surface area contributed by atoms with Gasteiger partial charge in [-0.3, -0.25) is 4.98 Å². The fourth-order valence-electron chi connectivity index (χ4n) is 2.57. The summed E-state index contributed by atoms with van der Waals surface area (Å²) in [7, 11) is 1.57. The second-order valence-electron chi connectivity index (χ2n) is 6.15. The molecule has 4 rings (SSSR count). The Kier molecular flexibility index (Phi) is 4.98. The third-order valence-electron chi connectivity index (χ3n) is 3.72. The van der Waals surface area contributed by atoms with Crippen LogP contribution in [0.25, 0.3) is 21.6 Å². The molecule has 0 spiro atoms. The summed E-state index contributed by atoms with van der Waals surface area (Å²) in [5.74, 6) is 1.68. The maximum Gasteiger partial charge on any atom is 0.256 e. The number of aromatic nitrogens is 5. The quantitative estimate of drug-likeness (QED) is 0.523. The van der Waals surface area contributed by atoms with Gasteiger partial charge in [0.1, 0.15) is 10.3 Å². The molecule has 0 unspecified atom stereocenters. The molecule has 0 atom stereocenters. The van der Waals surface area contributed by atoms with Crippen molar-refractivity contribution in [2.45, 2.75) is 20.0 Å². The van der Waals surface area contributed by atoms with E-state index in [4.69, 9.17) is 14.5 Å². The number of nitrogens with zero attached hydrogens (tertiary/aromatic N) is 5. The van der Waals surface area contributed by atoms with E-state index in [1.807, 2.05) is 32.0 Å². The van der Waals surface area contributed by atoms with Crippen molar-refractivity contribution in [2.75, 3.05) is 12.4 Å². The molecule has 28 heavy (non-hydrogen) atoms. The molecule has 0 aliphatic heterocycles. The van der Waals surface area contributed by atoms with E-state index in [9.17, 15) is 0 Å². The Morgan fingerprint density at radius 2 is 1.96 bits per heavy atom. The lowest BCUT2D eigenvalue weighted by Gasteiger charge is -2.13. The molecule has 0 aliphatic rings. The Morgan fingerprint density at radius 3 is 2.71 bits per heavy atom. The van der Waals surface area contributed by atoms with Crippen LogP contribution in [0.1, 0.15) is 13.8 Å². The maximum atomic E-state index is 5.81. The molecule has 0 aliphatic carbocycles. The number of hydrogen-bond donors (Lipinski definition) is 1. The van der Waals surface area contributed by atoms with E-state index in [2.05, 4.69) is 25.3 Å². The van der Waals surface area contributed by atoms with Crippen LogP contribution in [0.5, 0.6) is 11.6 Å². The average molecular weight is 394 g/mol. The topological polar surface area (TPSA) is 94.9 Å². The van der Waals surface area contributed by atoms with Crippen molar-refractivity contribution < 1.29 is 9.47 Å². The molecule has 8 nitrogen and oxygen atoms in total. The number of fused-ring (bicyclic) bond motifs is 1. The van der Waals surface area contributed by atoms with E-state index >= 15 is 0 Å². The van der Waals surface area contributed by atoms with Crippen LogP contribution < -0.4 is 14.8 Å². The zero-order valence-corrected chi connectivity index (χ0v) is 16.4. The lowest BCUT2D eigenvalue weighted by Crippen LogP contribution is -2.07. The van der Waals surface area contributed by atoms with Crippen LogP contribution in [0.2, 0.25) is 0 Å². The Labute approximate surface area is 165 Å². The highest BCUT2D eigenvalue weighted by Gasteiger charge is 2.13. The third kappa shape index (κ3) is 3.84. The van der Waals surface area contributed by atoms with E-state index in [0.717, 1.165) is 21.6 Å². The first-order chi connectivity index (χ1) is 13.6. The monoisotopic (exact) mass is 394 g/mol. The SMILES string of the molecule is COc1ncc(-c2ccc3nc(Nc4cnccn4)sc3n2)cc1OC(C)C. The minimum absolute atomic E-state index is 0.0117. The zero-order valence-electron chi connectivity index (χ0n) is 15.6. The van der Waals surface area contributed by atoms with Gasteiger partial charge in [0, 0.05) is 24.2 Å². The smallest absolute Gasteiger partial charge is 0.256 e. The Morgan fingerprint density at radius 1 is 1.07 bits per heavy atom. The first-order valence-electron chi connectivity index (χ1n) is 8.64. The second kappa shape index (κ2) is 7.73. The van der Waals surface area contributed by atoms with Crippen molar-refractivity contribution in [3.05, 3.63) is 43.0 Å². The molecule has 0 radical (unpaired) electrons. The zero-order chi connectivity index (χ0) is 19.5. The third-order valence-corrected chi connectivity index (χ3v) is 4.60. The van der Waals surface area contributed by atoms with Crippen LogP contribution in [0, 0.1) is 0 Å². The highest BCUT2D eigenvalue weighted by molar-refractivity contribution is 7.21. The molecule has 0 amide bonds. The number of pyridine rings is 2. The Bertz CT molecular complexity index is 1100. The van der Waals surface area contributed by atoms with Crippen LogP contribution in [0.4, 0.5) is 10.9 Å². The van der Waals surface area contributed by atoms with Crippen LogP contribution in [0.15, 0.2) is 43.0 Å². The Hall–Kier alpha value is -3.33. The number of ether oxygens (including phenoxy) is 2. The van der Waals surface area contributed by atoms with Gasteiger partial charge in [-0.1, -0.05) is 11.3 Å². The number of hydrogen-bond acceptors (Lipinski definition) is 9. The minimum atomic E-state index is 0.0117. The van der Waals surface area contributed by atoms with E-state index in [-0.39, 0.29) is 6.10 Å². The molecular weight excluding hydrogens is 376 g/mol. The number of anilines is 2. The lowest BCUT2D eigenvalue weighted by molar-refractivity contribution is 0.227. The summed E-state index contributed by atoms with van der Waals surface area (Å²) in [6.07, 6.45) is 6.62. The first-order valence-corrected chi connectivity index (χ1v) is 9.45. The fraction of sp³-hybridized carbons (Fsp3) is 0.211. The highest BCUT2D eigenvalue weighted by Crippen LogP contribution is 2.32. The van der Waals surface area contributed by atoms with Gasteiger partial charge in [0.25, 0.3) is 5.88 Å². The summed E-state index contributed by atoms with van der Waals surface area (Å²) < 4.78 is 11.1. The lowest BCUT2D eigenvalue weighted by atomic mass is 10.2. The summed E-state index contributed by atoms with van der Waals surface area (Å²) >= 11 is 1.45. The van der Waals surface area contributed by atoms with Crippen molar-refractivity contribution in [3.63, 3.8) is 0 Å². The van der Waals surface area contributed by atoms with Gasteiger partial charge in [-0.25, -0.2) is 19.9 Å². The van der Waals surface area contributed by atoms with Crippen molar-refractivity contribution in [3.8, 4) is 22.9 Å². The normalized spacial score (nSPS) is 11.0. The number of methoxy groups -OCH3 is 1. The summed E-state index contributed by atoms with van der Waals surface area (Å²) in [5.41, 5.74) is 2.43. The van der Waals surface area contributed by atoms with E-state index < -0.39 is 0 Å². The van der Waals surface area contributed by atoms with Crippen LogP contribution in [0.3, 0.4) is 0 Å². The number of nitrogens with one attached hydrogen (secondary N) is 1. The predicted octanol–water partition coefficient (Wildman–Crippen LogP) is 4.08. The standard InChI is InChI=1S/C19H18N6O2S/c1-11(2)27-15-8-12(9-22-17(15)26-3)13-4-5-14-18(23-13)28-19(24-14)25-16-10-20-6-7-21-16/h4-11H,1-3H3,(H,21,24,25). The van der Waals surface area contributed by atoms with Gasteiger partial charge in [-0.05, 0) is 32.0 Å². The Balaban J connectivity index is 1.66. The van der Waals surface area contributed by atoms with Gasteiger partial charge in [0.15, 0.2) is 16.7 Å². The minimum Gasteiger partial charge on any atom is -0.485 e. The van der Waals surface area contributed by atoms with Gasteiger partial charge in [0.05, 0.1) is 25.1 Å². The fourth-order valence-corrected chi connectivity index (χ4v) is 3.41.